The quantitative estimate of drug-likeness (QED) is 0.594. The molecule has 0 N–H and O–H groups in total. The second-order valence-corrected chi connectivity index (χ2v) is 8.75. The molecular formula is C20H23NO5S. The molecule has 2 aromatic rings. The maximum atomic E-state index is 13.0. The Morgan fingerprint density at radius 1 is 1.07 bits per heavy atom. The lowest BCUT2D eigenvalue weighted by Crippen LogP contribution is -2.48. The van der Waals surface area contributed by atoms with Gasteiger partial charge in [-0.25, -0.2) is 13.2 Å². The van der Waals surface area contributed by atoms with E-state index in [4.69, 9.17) is 9.47 Å². The van der Waals surface area contributed by atoms with Gasteiger partial charge in [0.2, 0.25) is 10.0 Å². The third kappa shape index (κ3) is 4.55. The first-order valence-electron chi connectivity index (χ1n) is 8.80. The van der Waals surface area contributed by atoms with Crippen LogP contribution in [-0.2, 0) is 14.8 Å². The van der Waals surface area contributed by atoms with E-state index in [-0.39, 0.29) is 35.8 Å². The highest BCUT2D eigenvalue weighted by Gasteiger charge is 2.32. The van der Waals surface area contributed by atoms with Gasteiger partial charge in [-0.05, 0) is 51.1 Å². The predicted octanol–water partition coefficient (Wildman–Crippen LogP) is 3.01. The van der Waals surface area contributed by atoms with Crippen molar-refractivity contribution in [3.63, 3.8) is 0 Å². The van der Waals surface area contributed by atoms with Gasteiger partial charge in [-0.15, -0.1) is 0 Å². The lowest BCUT2D eigenvalue weighted by molar-refractivity contribution is -0.0440. The highest BCUT2D eigenvalue weighted by atomic mass is 32.2. The van der Waals surface area contributed by atoms with Crippen molar-refractivity contribution in [2.45, 2.75) is 37.9 Å². The topological polar surface area (TPSA) is 72.9 Å². The molecule has 0 aromatic heterocycles. The minimum absolute atomic E-state index is 0.0714. The molecule has 0 aliphatic carbocycles. The Labute approximate surface area is 159 Å². The smallest absolute Gasteiger partial charge is 0.343 e. The first kappa shape index (κ1) is 19.5. The number of hydrogen-bond donors (Lipinski definition) is 0. The van der Waals surface area contributed by atoms with Crippen molar-refractivity contribution in [1.82, 2.24) is 4.31 Å². The van der Waals surface area contributed by atoms with Gasteiger partial charge in [0.15, 0.2) is 0 Å². The van der Waals surface area contributed by atoms with E-state index >= 15 is 0 Å². The van der Waals surface area contributed by atoms with Crippen LogP contribution in [0.2, 0.25) is 0 Å². The molecule has 0 unspecified atom stereocenters. The Hall–Kier alpha value is -2.22. The molecule has 144 valence electrons. The van der Waals surface area contributed by atoms with Gasteiger partial charge >= 0.3 is 5.97 Å². The fraction of sp³-hybridized carbons (Fsp3) is 0.350. The fourth-order valence-corrected chi connectivity index (χ4v) is 4.67. The Balaban J connectivity index is 1.82. The maximum Gasteiger partial charge on any atom is 0.343 e. The van der Waals surface area contributed by atoms with Crippen LogP contribution in [0.4, 0.5) is 0 Å². The summed E-state index contributed by atoms with van der Waals surface area (Å²) in [6.45, 7) is 6.18. The number of sulfonamides is 1. The normalized spacial score (nSPS) is 21.0. The third-order valence-electron chi connectivity index (χ3n) is 4.33. The summed E-state index contributed by atoms with van der Waals surface area (Å²) in [5.41, 5.74) is 1.24. The van der Waals surface area contributed by atoms with Crippen molar-refractivity contribution < 1.29 is 22.7 Å². The Morgan fingerprint density at radius 3 is 2.33 bits per heavy atom. The summed E-state index contributed by atoms with van der Waals surface area (Å²) in [5, 5.41) is 0. The number of carbonyl (C=O) groups is 1. The molecule has 7 heteroatoms. The van der Waals surface area contributed by atoms with Crippen LogP contribution >= 0.6 is 0 Å². The van der Waals surface area contributed by atoms with Crippen molar-refractivity contribution >= 4 is 16.0 Å². The second-order valence-electron chi connectivity index (χ2n) is 6.81. The molecule has 1 heterocycles. The summed E-state index contributed by atoms with van der Waals surface area (Å²) in [6.07, 6.45) is -0.364. The van der Waals surface area contributed by atoms with E-state index in [1.54, 1.807) is 24.3 Å². The zero-order valence-corrected chi connectivity index (χ0v) is 16.4. The molecular weight excluding hydrogens is 366 g/mol. The largest absolute Gasteiger partial charge is 0.423 e. The van der Waals surface area contributed by atoms with E-state index < -0.39 is 16.0 Å². The number of ether oxygens (including phenoxy) is 2. The summed E-state index contributed by atoms with van der Waals surface area (Å²) in [6, 6.07) is 13.0. The number of morpholine rings is 1. The van der Waals surface area contributed by atoms with Crippen LogP contribution in [0.1, 0.15) is 29.8 Å². The van der Waals surface area contributed by atoms with Crippen LogP contribution in [0.5, 0.6) is 5.75 Å². The number of nitrogens with zero attached hydrogens (tertiary/aromatic N) is 1. The van der Waals surface area contributed by atoms with Gasteiger partial charge in [0.25, 0.3) is 0 Å². The van der Waals surface area contributed by atoms with Crippen LogP contribution in [0.15, 0.2) is 53.4 Å². The number of rotatable bonds is 4. The van der Waals surface area contributed by atoms with E-state index in [1.165, 1.54) is 16.4 Å². The monoisotopic (exact) mass is 389 g/mol. The molecule has 3 rings (SSSR count). The average Bonchev–Trinajstić information content (AvgIpc) is 2.63. The molecule has 2 aromatic carbocycles. The van der Waals surface area contributed by atoms with Crippen LogP contribution in [-0.4, -0.2) is 44.0 Å². The van der Waals surface area contributed by atoms with Gasteiger partial charge in [-0.2, -0.15) is 4.31 Å². The van der Waals surface area contributed by atoms with Crippen LogP contribution in [0.25, 0.3) is 0 Å². The van der Waals surface area contributed by atoms with Crippen LogP contribution < -0.4 is 4.74 Å². The molecule has 0 radical (unpaired) electrons. The summed E-state index contributed by atoms with van der Waals surface area (Å²) < 4.78 is 38.3. The van der Waals surface area contributed by atoms with E-state index in [0.717, 1.165) is 5.56 Å². The Morgan fingerprint density at radius 2 is 1.70 bits per heavy atom. The van der Waals surface area contributed by atoms with Gasteiger partial charge in [-0.3, -0.25) is 0 Å². The molecule has 27 heavy (non-hydrogen) atoms. The van der Waals surface area contributed by atoms with E-state index in [0.29, 0.717) is 5.75 Å². The van der Waals surface area contributed by atoms with E-state index in [2.05, 4.69) is 0 Å². The molecule has 6 nitrogen and oxygen atoms in total. The molecule has 0 saturated carbocycles. The first-order valence-corrected chi connectivity index (χ1v) is 10.2. The summed E-state index contributed by atoms with van der Waals surface area (Å²) >= 11 is 0. The summed E-state index contributed by atoms with van der Waals surface area (Å²) in [7, 11) is -3.72. The minimum atomic E-state index is -3.72. The minimum Gasteiger partial charge on any atom is -0.423 e. The second kappa shape index (κ2) is 7.80. The molecule has 0 amide bonds. The molecule has 2 atom stereocenters. The first-order chi connectivity index (χ1) is 12.8. The molecule has 1 aliphatic rings. The molecule has 1 saturated heterocycles. The SMILES string of the molecule is Cc1ccc(OC(=O)c2cccc(S(=O)(=O)N3C[C@@H](C)O[C@@H](C)C3)c2)cc1. The van der Waals surface area contributed by atoms with Gasteiger partial charge < -0.3 is 9.47 Å². The Kier molecular flexibility index (Phi) is 5.64. The Bertz CT molecular complexity index is 914. The highest BCUT2D eigenvalue weighted by Crippen LogP contribution is 2.22. The van der Waals surface area contributed by atoms with Crippen molar-refractivity contribution in [1.29, 1.82) is 0 Å². The molecule has 0 bridgehead atoms. The van der Waals surface area contributed by atoms with Crippen LogP contribution in [0.3, 0.4) is 0 Å². The third-order valence-corrected chi connectivity index (χ3v) is 6.15. The van der Waals surface area contributed by atoms with Gasteiger partial charge in [0, 0.05) is 13.1 Å². The van der Waals surface area contributed by atoms with Gasteiger partial charge in [0.1, 0.15) is 5.75 Å². The van der Waals surface area contributed by atoms with Gasteiger partial charge in [-0.1, -0.05) is 23.8 Å². The van der Waals surface area contributed by atoms with Crippen molar-refractivity contribution in [3.05, 3.63) is 59.7 Å². The number of aryl methyl sites for hydroxylation is 1. The van der Waals surface area contributed by atoms with Gasteiger partial charge in [0.05, 0.1) is 22.7 Å². The molecule has 1 aliphatic heterocycles. The zero-order valence-electron chi connectivity index (χ0n) is 15.6. The number of hydrogen-bond acceptors (Lipinski definition) is 5. The summed E-state index contributed by atoms with van der Waals surface area (Å²) in [5.74, 6) is -0.186. The molecule has 0 spiro atoms. The fourth-order valence-electron chi connectivity index (χ4n) is 3.03. The lowest BCUT2D eigenvalue weighted by Gasteiger charge is -2.34. The average molecular weight is 389 g/mol. The number of carbonyl (C=O) groups excluding carboxylic acids is 1. The maximum absolute atomic E-state index is 13.0. The van der Waals surface area contributed by atoms with E-state index in [1.807, 2.05) is 32.9 Å². The number of esters is 1. The standard InChI is InChI=1S/C20H23NO5S/c1-14-7-9-18(10-8-14)26-20(22)17-5-4-6-19(11-17)27(23,24)21-12-15(2)25-16(3)13-21/h4-11,15-16H,12-13H2,1-3H3/t15-,16+. The highest BCUT2D eigenvalue weighted by molar-refractivity contribution is 7.89. The lowest BCUT2D eigenvalue weighted by atomic mass is 10.2. The van der Waals surface area contributed by atoms with Crippen molar-refractivity contribution in [2.24, 2.45) is 0 Å². The number of benzene rings is 2. The zero-order chi connectivity index (χ0) is 19.6. The van der Waals surface area contributed by atoms with E-state index in [9.17, 15) is 13.2 Å². The molecule has 1 fully saturated rings. The van der Waals surface area contributed by atoms with Crippen molar-refractivity contribution in [2.75, 3.05) is 13.1 Å². The van der Waals surface area contributed by atoms with Crippen LogP contribution in [0, 0.1) is 6.92 Å². The predicted molar refractivity (Wildman–Crippen MR) is 101 cm³/mol. The van der Waals surface area contributed by atoms with Crippen molar-refractivity contribution in [3.8, 4) is 5.75 Å². The summed E-state index contributed by atoms with van der Waals surface area (Å²) in [4.78, 5) is 12.5.